The summed E-state index contributed by atoms with van der Waals surface area (Å²) in [7, 11) is 1.44. The minimum absolute atomic E-state index is 0.114. The molecule has 2 saturated heterocycles. The minimum Gasteiger partial charge on any atom is -0.493 e. The van der Waals surface area contributed by atoms with Crippen molar-refractivity contribution in [3.8, 4) is 11.4 Å². The van der Waals surface area contributed by atoms with Gasteiger partial charge in [-0.1, -0.05) is 19.1 Å². The maximum atomic E-state index is 15.6. The number of carbonyl (C=O) groups excluding carboxylic acids is 2. The van der Waals surface area contributed by atoms with Gasteiger partial charge in [-0.3, -0.25) is 14.5 Å². The van der Waals surface area contributed by atoms with Gasteiger partial charge in [0, 0.05) is 80.8 Å². The Hall–Kier alpha value is -7.47. The Morgan fingerprint density at radius 1 is 1.00 bits per heavy atom. The van der Waals surface area contributed by atoms with Gasteiger partial charge in [0.2, 0.25) is 6.23 Å². The van der Waals surface area contributed by atoms with Crippen LogP contribution in [0.2, 0.25) is 0 Å². The molecule has 0 radical (unpaired) electrons. The van der Waals surface area contributed by atoms with Crippen molar-refractivity contribution in [3.63, 3.8) is 0 Å². The number of anilines is 3. The number of aliphatic carboxylic acids is 1. The first-order valence-corrected chi connectivity index (χ1v) is 24.4. The highest BCUT2D eigenvalue weighted by molar-refractivity contribution is 5.87. The zero-order chi connectivity index (χ0) is 52.7. The zero-order valence-electron chi connectivity index (χ0n) is 41.6. The largest absolute Gasteiger partial charge is 0.493 e. The van der Waals surface area contributed by atoms with Crippen molar-refractivity contribution in [1.82, 2.24) is 29.8 Å². The number of esters is 1. The highest BCUT2D eigenvalue weighted by Gasteiger charge is 2.48. The summed E-state index contributed by atoms with van der Waals surface area (Å²) >= 11 is 0. The van der Waals surface area contributed by atoms with Gasteiger partial charge in [-0.05, 0) is 80.4 Å². The smallest absolute Gasteiger partial charge is 0.418 e. The molecule has 6 atom stereocenters. The summed E-state index contributed by atoms with van der Waals surface area (Å²) in [6.07, 6.45) is 2.73. The number of halogens is 2. The molecule has 3 aliphatic rings. The fraction of sp³-hybridized carbons (Fsp3) is 0.431. The quantitative estimate of drug-likeness (QED) is 0.0638. The first-order chi connectivity index (χ1) is 35.5. The van der Waals surface area contributed by atoms with Crippen molar-refractivity contribution in [1.29, 1.82) is 0 Å². The molecule has 74 heavy (non-hydrogen) atoms. The van der Waals surface area contributed by atoms with E-state index >= 15 is 4.39 Å². The Balaban J connectivity index is 0.837. The number of hydrazine groups is 1. The van der Waals surface area contributed by atoms with E-state index in [4.69, 9.17) is 29.8 Å². The van der Waals surface area contributed by atoms with Crippen molar-refractivity contribution in [3.05, 3.63) is 125 Å². The summed E-state index contributed by atoms with van der Waals surface area (Å²) in [6, 6.07) is 20.5. The predicted octanol–water partition coefficient (Wildman–Crippen LogP) is 3.96. The number of aliphatic hydroxyl groups is 1. The Kier molecular flexibility index (Phi) is 16.5. The first kappa shape index (κ1) is 52.8. The molecule has 5 aromatic rings. The van der Waals surface area contributed by atoms with Gasteiger partial charge in [0.1, 0.15) is 54.3 Å². The van der Waals surface area contributed by atoms with Crippen LogP contribution >= 0.6 is 0 Å². The van der Waals surface area contributed by atoms with E-state index in [1.165, 1.54) is 41.0 Å². The average molecular weight is 1030 g/mol. The number of rotatable bonds is 20. The van der Waals surface area contributed by atoms with Crippen molar-refractivity contribution >= 4 is 41.6 Å². The molecule has 0 aliphatic carbocycles. The molecule has 3 aliphatic heterocycles. The normalized spacial score (nSPS) is 19.4. The number of amides is 1. The van der Waals surface area contributed by atoms with Gasteiger partial charge in [0.15, 0.2) is 6.67 Å². The summed E-state index contributed by atoms with van der Waals surface area (Å²) in [4.78, 5) is 59.7. The van der Waals surface area contributed by atoms with Crippen LogP contribution in [-0.2, 0) is 36.0 Å². The number of carboxylic acid groups (broad SMARTS) is 1. The standard InChI is InChI=1S/C51H61F2N11O10/c1-5-45(33(2)65)64-49(69)63(31-57-64)40-11-9-38(10-12-40)59-19-21-60(22-20-59)39-13-15-41(16-14-39)71-26-35-25-51(73-27-35,42-17-8-37(52)23-43(42)53)29-62-32-61(30-56-62)34(3)74-50(70)58(4)47-36(7-6-18-55-47)28-72-46(66)24-44(54)48(67)68/h6-18,23,31-35,44-45,56,65H,5,19-22,24-30,54H2,1-4H3/p+1/t33-,34?,35+,44?,45-,51-/m0/s1. The predicted molar refractivity (Wildman–Crippen MR) is 267 cm³/mol. The number of carbonyl (C=O) groups is 3. The third kappa shape index (κ3) is 12.1. The molecule has 3 aromatic carbocycles. The number of piperazine rings is 1. The Morgan fingerprint density at radius 2 is 1.68 bits per heavy atom. The fourth-order valence-electron chi connectivity index (χ4n) is 9.40. The van der Waals surface area contributed by atoms with Gasteiger partial charge >= 0.3 is 23.7 Å². The number of benzene rings is 3. The van der Waals surface area contributed by atoms with Gasteiger partial charge in [-0.15, -0.1) is 5.43 Å². The SMILES string of the molecule is CC[C@@H]([C@H](C)O)n1ncn(-c2ccc(N3CCN(c4ccc(OC[C@@H]5CO[C@@](CN6C=[N+](C(C)OC(=O)N(C)c7ncccc7COC(=O)CC(N)C(=O)O)CN6)(c6ccc(F)cc6F)C5)cc4)CC3)cc2)c1=O. The number of nitrogens with one attached hydrogen (secondary N) is 1. The van der Waals surface area contributed by atoms with Crippen molar-refractivity contribution in [2.75, 3.05) is 74.4 Å². The lowest BCUT2D eigenvalue weighted by molar-refractivity contribution is -0.594. The summed E-state index contributed by atoms with van der Waals surface area (Å²) in [5.41, 5.74) is 10.5. The van der Waals surface area contributed by atoms with E-state index < -0.39 is 66.1 Å². The van der Waals surface area contributed by atoms with Crippen LogP contribution in [0, 0.1) is 17.6 Å². The number of aliphatic hydroxyl groups excluding tert-OH is 1. The third-order valence-corrected chi connectivity index (χ3v) is 13.5. The number of pyridine rings is 1. The van der Waals surface area contributed by atoms with Crippen molar-refractivity contribution < 1.29 is 56.9 Å². The molecule has 2 unspecified atom stereocenters. The third-order valence-electron chi connectivity index (χ3n) is 13.5. The zero-order valence-corrected chi connectivity index (χ0v) is 41.6. The Morgan fingerprint density at radius 3 is 2.32 bits per heavy atom. The summed E-state index contributed by atoms with van der Waals surface area (Å²) < 4.78 is 58.1. The van der Waals surface area contributed by atoms with Crippen LogP contribution in [0.3, 0.4) is 0 Å². The second kappa shape index (κ2) is 23.2. The van der Waals surface area contributed by atoms with Gasteiger partial charge in [0.05, 0.1) is 37.5 Å². The van der Waals surface area contributed by atoms with Crippen LogP contribution in [0.4, 0.5) is 30.8 Å². The van der Waals surface area contributed by atoms with E-state index in [2.05, 4.69) is 25.3 Å². The molecular formula is C51H62F2N11O10+. The molecule has 0 spiro atoms. The monoisotopic (exact) mass is 1030 g/mol. The van der Waals surface area contributed by atoms with Crippen LogP contribution in [0.15, 0.2) is 96.2 Å². The van der Waals surface area contributed by atoms with Gasteiger partial charge in [-0.25, -0.2) is 37.2 Å². The van der Waals surface area contributed by atoms with Crippen molar-refractivity contribution in [2.24, 2.45) is 11.7 Å². The molecule has 1 amide bonds. The van der Waals surface area contributed by atoms with Crippen LogP contribution in [0.5, 0.6) is 5.75 Å². The lowest BCUT2D eigenvalue weighted by Crippen LogP contribution is -2.46. The number of nitrogens with zero attached hydrogens (tertiary/aromatic N) is 9. The number of hydrogen-bond acceptors (Lipinski definition) is 16. The molecule has 23 heteroatoms. The summed E-state index contributed by atoms with van der Waals surface area (Å²) in [5.74, 6) is -2.97. The fourth-order valence-corrected chi connectivity index (χ4v) is 9.40. The Labute approximate surface area is 425 Å². The summed E-state index contributed by atoms with van der Waals surface area (Å²) in [5, 5.41) is 25.1. The summed E-state index contributed by atoms with van der Waals surface area (Å²) in [6.45, 7) is 8.95. The highest BCUT2D eigenvalue weighted by atomic mass is 19.1. The molecule has 2 aromatic heterocycles. The number of ether oxygens (including phenoxy) is 4. The van der Waals surface area contributed by atoms with Crippen molar-refractivity contribution in [2.45, 2.75) is 76.7 Å². The molecule has 394 valence electrons. The Bertz CT molecular complexity index is 2860. The second-order valence-corrected chi connectivity index (χ2v) is 18.7. The molecule has 8 rings (SSSR count). The first-order valence-electron chi connectivity index (χ1n) is 24.4. The van der Waals surface area contributed by atoms with E-state index in [0.29, 0.717) is 29.8 Å². The van der Waals surface area contributed by atoms with Gasteiger partial charge in [0.25, 0.3) is 6.34 Å². The van der Waals surface area contributed by atoms with E-state index in [0.717, 1.165) is 48.5 Å². The van der Waals surface area contributed by atoms with E-state index in [1.54, 1.807) is 41.9 Å². The van der Waals surface area contributed by atoms with Crippen LogP contribution < -0.4 is 36.3 Å². The van der Waals surface area contributed by atoms with Gasteiger partial charge in [-0.2, -0.15) is 10.1 Å². The van der Waals surface area contributed by atoms with E-state index in [-0.39, 0.29) is 56.0 Å². The van der Waals surface area contributed by atoms with Crippen LogP contribution in [0.25, 0.3) is 5.69 Å². The number of aromatic nitrogens is 4. The van der Waals surface area contributed by atoms with Gasteiger partial charge < -0.3 is 44.7 Å². The molecule has 2 fully saturated rings. The maximum absolute atomic E-state index is 15.6. The second-order valence-electron chi connectivity index (χ2n) is 18.7. The lowest BCUT2D eigenvalue weighted by Gasteiger charge is -2.37. The molecule has 0 bridgehead atoms. The van der Waals surface area contributed by atoms with Crippen LogP contribution in [0.1, 0.15) is 57.2 Å². The molecule has 0 saturated carbocycles. The number of hydrogen-bond donors (Lipinski definition) is 4. The number of nitrogens with two attached hydrogens (primary N) is 1. The molecule has 21 nitrogen and oxygen atoms in total. The minimum atomic E-state index is -1.42. The molecular weight excluding hydrogens is 965 g/mol. The average Bonchev–Trinajstić information content (AvgIpc) is 4.14. The topological polar surface area (TPSA) is 235 Å². The maximum Gasteiger partial charge on any atom is 0.418 e. The van der Waals surface area contributed by atoms with Crippen LogP contribution in [-0.4, -0.2) is 142 Å². The van der Waals surface area contributed by atoms with E-state index in [1.807, 2.05) is 55.5 Å². The number of carboxylic acids is 1. The molecule has 5 N–H and O–H groups in total. The molecule has 5 heterocycles. The van der Waals surface area contributed by atoms with E-state index in [9.17, 15) is 28.7 Å². The lowest BCUT2D eigenvalue weighted by atomic mass is 9.86. The highest BCUT2D eigenvalue weighted by Crippen LogP contribution is 2.41.